The van der Waals surface area contributed by atoms with E-state index in [0.29, 0.717) is 10.7 Å². The van der Waals surface area contributed by atoms with Crippen molar-refractivity contribution in [2.75, 3.05) is 5.32 Å². The molecule has 3 rings (SSSR count). The van der Waals surface area contributed by atoms with Crippen molar-refractivity contribution in [1.29, 1.82) is 0 Å². The fourth-order valence-electron chi connectivity index (χ4n) is 2.00. The van der Waals surface area contributed by atoms with Gasteiger partial charge >= 0.3 is 0 Å². The molecule has 0 spiro atoms. The third-order valence-electron chi connectivity index (χ3n) is 3.18. The summed E-state index contributed by atoms with van der Waals surface area (Å²) in [5.41, 5.74) is 3.24. The van der Waals surface area contributed by atoms with Gasteiger partial charge in [0, 0.05) is 16.5 Å². The van der Waals surface area contributed by atoms with E-state index in [-0.39, 0.29) is 11.7 Å². The average molecular weight is 310 g/mol. The van der Waals surface area contributed by atoms with Gasteiger partial charge in [0.15, 0.2) is 5.13 Å². The molecule has 0 aliphatic heterocycles. The highest BCUT2D eigenvalue weighted by Gasteiger charge is 2.10. The number of thiazole rings is 1. The lowest BCUT2D eigenvalue weighted by molar-refractivity contribution is 0.102. The van der Waals surface area contributed by atoms with Crippen molar-refractivity contribution in [2.45, 2.75) is 6.92 Å². The summed E-state index contributed by atoms with van der Waals surface area (Å²) < 4.78 is 0. The zero-order chi connectivity index (χ0) is 15.5. The summed E-state index contributed by atoms with van der Waals surface area (Å²) in [5, 5.41) is 14.7. The molecule has 2 N–H and O–H groups in total. The molecule has 0 radical (unpaired) electrons. The molecule has 0 aliphatic carbocycles. The molecule has 0 atom stereocenters. The van der Waals surface area contributed by atoms with E-state index in [4.69, 9.17) is 0 Å². The van der Waals surface area contributed by atoms with Crippen LogP contribution in [-0.2, 0) is 0 Å². The molecule has 22 heavy (non-hydrogen) atoms. The summed E-state index contributed by atoms with van der Waals surface area (Å²) in [4.78, 5) is 16.5. The topological polar surface area (TPSA) is 62.2 Å². The van der Waals surface area contributed by atoms with Crippen LogP contribution in [0.5, 0.6) is 5.75 Å². The highest BCUT2D eigenvalue weighted by atomic mass is 32.1. The number of rotatable bonds is 3. The first-order valence-electron chi connectivity index (χ1n) is 6.75. The van der Waals surface area contributed by atoms with Crippen LogP contribution in [0.4, 0.5) is 5.13 Å². The summed E-state index contributed by atoms with van der Waals surface area (Å²) in [6, 6.07) is 14.2. The number of hydrogen-bond donors (Lipinski definition) is 2. The number of aromatic nitrogens is 1. The second-order valence-corrected chi connectivity index (χ2v) is 5.77. The Bertz CT molecular complexity index is 810. The van der Waals surface area contributed by atoms with Gasteiger partial charge in [-0.15, -0.1) is 11.3 Å². The molecule has 5 heteroatoms. The quantitative estimate of drug-likeness (QED) is 0.766. The van der Waals surface area contributed by atoms with Gasteiger partial charge in [-0.2, -0.15) is 0 Å². The van der Waals surface area contributed by atoms with E-state index in [2.05, 4.69) is 10.3 Å². The molecule has 110 valence electrons. The average Bonchev–Trinajstić information content (AvgIpc) is 2.96. The summed E-state index contributed by atoms with van der Waals surface area (Å²) in [7, 11) is 0. The van der Waals surface area contributed by atoms with Crippen molar-refractivity contribution in [2.24, 2.45) is 0 Å². The number of aryl methyl sites for hydroxylation is 1. The minimum atomic E-state index is -0.184. The molecule has 1 aromatic heterocycles. The van der Waals surface area contributed by atoms with Gasteiger partial charge in [0.1, 0.15) is 5.75 Å². The molecule has 0 bridgehead atoms. The van der Waals surface area contributed by atoms with Gasteiger partial charge in [-0.05, 0) is 31.2 Å². The van der Waals surface area contributed by atoms with Gasteiger partial charge < -0.3 is 5.11 Å². The summed E-state index contributed by atoms with van der Waals surface area (Å²) in [6.07, 6.45) is 0. The number of hydrogen-bond acceptors (Lipinski definition) is 4. The van der Waals surface area contributed by atoms with E-state index < -0.39 is 0 Å². The van der Waals surface area contributed by atoms with Crippen molar-refractivity contribution < 1.29 is 9.90 Å². The maximum absolute atomic E-state index is 12.1. The van der Waals surface area contributed by atoms with Gasteiger partial charge in [0.05, 0.1) is 5.69 Å². The van der Waals surface area contributed by atoms with Crippen LogP contribution in [-0.4, -0.2) is 16.0 Å². The molecule has 1 amide bonds. The minimum Gasteiger partial charge on any atom is -0.508 e. The van der Waals surface area contributed by atoms with Crippen LogP contribution in [0.2, 0.25) is 0 Å². The molecule has 0 aliphatic rings. The maximum atomic E-state index is 12.1. The second-order valence-electron chi connectivity index (χ2n) is 4.91. The number of amides is 1. The van der Waals surface area contributed by atoms with Gasteiger partial charge in [0.2, 0.25) is 0 Å². The first-order valence-corrected chi connectivity index (χ1v) is 7.63. The van der Waals surface area contributed by atoms with Crippen LogP contribution in [0.15, 0.2) is 53.9 Å². The number of phenolic OH excluding ortho intramolecular Hbond substituents is 1. The van der Waals surface area contributed by atoms with Crippen molar-refractivity contribution in [1.82, 2.24) is 4.98 Å². The molecule has 0 saturated heterocycles. The highest BCUT2D eigenvalue weighted by Crippen LogP contribution is 2.27. The molecule has 0 unspecified atom stereocenters. The standard InChI is InChI=1S/C17H14N2O2S/c1-11-5-7-12(8-6-11)16(21)19-17-18-15(10-22-17)13-3-2-4-14(20)9-13/h2-10,20H,1H3,(H,18,19,21). The Balaban J connectivity index is 1.77. The normalized spacial score (nSPS) is 10.4. The first-order chi connectivity index (χ1) is 10.6. The number of carbonyl (C=O) groups excluding carboxylic acids is 1. The van der Waals surface area contributed by atoms with Crippen molar-refractivity contribution in [3.8, 4) is 17.0 Å². The zero-order valence-electron chi connectivity index (χ0n) is 11.9. The fraction of sp³-hybridized carbons (Fsp3) is 0.0588. The Morgan fingerprint density at radius 2 is 1.95 bits per heavy atom. The number of aromatic hydroxyl groups is 1. The minimum absolute atomic E-state index is 0.184. The van der Waals surface area contributed by atoms with Crippen LogP contribution in [0.3, 0.4) is 0 Å². The van der Waals surface area contributed by atoms with Crippen LogP contribution < -0.4 is 5.32 Å². The molecular formula is C17H14N2O2S. The molecular weight excluding hydrogens is 296 g/mol. The predicted molar refractivity (Wildman–Crippen MR) is 88.3 cm³/mol. The number of nitrogens with zero attached hydrogens (tertiary/aromatic N) is 1. The zero-order valence-corrected chi connectivity index (χ0v) is 12.7. The summed E-state index contributed by atoms with van der Waals surface area (Å²) in [5.74, 6) is 0.00699. The number of benzene rings is 2. The van der Waals surface area contributed by atoms with E-state index in [1.165, 1.54) is 11.3 Å². The molecule has 0 saturated carbocycles. The second kappa shape index (κ2) is 5.99. The van der Waals surface area contributed by atoms with Crippen molar-refractivity contribution in [3.05, 3.63) is 65.0 Å². The van der Waals surface area contributed by atoms with Crippen molar-refractivity contribution >= 4 is 22.4 Å². The van der Waals surface area contributed by atoms with Crippen LogP contribution >= 0.6 is 11.3 Å². The van der Waals surface area contributed by atoms with Crippen LogP contribution in [0, 0.1) is 6.92 Å². The molecule has 2 aromatic carbocycles. The lowest BCUT2D eigenvalue weighted by Gasteiger charge is -2.02. The smallest absolute Gasteiger partial charge is 0.257 e. The lowest BCUT2D eigenvalue weighted by atomic mass is 10.1. The molecule has 4 nitrogen and oxygen atoms in total. The van der Waals surface area contributed by atoms with Gasteiger partial charge in [0.25, 0.3) is 5.91 Å². The SMILES string of the molecule is Cc1ccc(C(=O)Nc2nc(-c3cccc(O)c3)cs2)cc1. The van der Waals surface area contributed by atoms with E-state index in [1.54, 1.807) is 30.3 Å². The van der Waals surface area contributed by atoms with E-state index in [1.807, 2.05) is 30.5 Å². The number of nitrogens with one attached hydrogen (secondary N) is 1. The van der Waals surface area contributed by atoms with Gasteiger partial charge in [-0.25, -0.2) is 4.98 Å². The molecule has 0 fully saturated rings. The fourth-order valence-corrected chi connectivity index (χ4v) is 2.72. The van der Waals surface area contributed by atoms with Crippen LogP contribution in [0.25, 0.3) is 11.3 Å². The molecule has 1 heterocycles. The van der Waals surface area contributed by atoms with Gasteiger partial charge in [-0.3, -0.25) is 10.1 Å². The monoisotopic (exact) mass is 310 g/mol. The van der Waals surface area contributed by atoms with Crippen LogP contribution in [0.1, 0.15) is 15.9 Å². The Hall–Kier alpha value is -2.66. The summed E-state index contributed by atoms with van der Waals surface area (Å²) >= 11 is 1.35. The number of anilines is 1. The third kappa shape index (κ3) is 3.15. The third-order valence-corrected chi connectivity index (χ3v) is 3.94. The Morgan fingerprint density at radius 1 is 1.18 bits per heavy atom. The largest absolute Gasteiger partial charge is 0.508 e. The van der Waals surface area contributed by atoms with E-state index in [9.17, 15) is 9.90 Å². The predicted octanol–water partition coefficient (Wildman–Crippen LogP) is 4.08. The lowest BCUT2D eigenvalue weighted by Crippen LogP contribution is -2.11. The Kier molecular flexibility index (Phi) is 3.89. The number of phenols is 1. The van der Waals surface area contributed by atoms with E-state index >= 15 is 0 Å². The number of carbonyl (C=O) groups is 1. The highest BCUT2D eigenvalue weighted by molar-refractivity contribution is 7.14. The van der Waals surface area contributed by atoms with E-state index in [0.717, 1.165) is 16.8 Å². The molecule has 3 aromatic rings. The first kappa shape index (κ1) is 14.3. The van der Waals surface area contributed by atoms with Gasteiger partial charge in [-0.1, -0.05) is 29.8 Å². The Labute approximate surface area is 132 Å². The maximum Gasteiger partial charge on any atom is 0.257 e. The van der Waals surface area contributed by atoms with Crippen molar-refractivity contribution in [3.63, 3.8) is 0 Å². The summed E-state index contributed by atoms with van der Waals surface area (Å²) in [6.45, 7) is 1.98. The Morgan fingerprint density at radius 3 is 2.68 bits per heavy atom.